The maximum atomic E-state index is 13.6. The van der Waals surface area contributed by atoms with Crippen molar-refractivity contribution in [3.05, 3.63) is 69.8 Å². The second-order valence-corrected chi connectivity index (χ2v) is 5.19. The molecular weight excluding hydrogens is 320 g/mol. The molecule has 24 heavy (non-hydrogen) atoms. The van der Waals surface area contributed by atoms with E-state index >= 15 is 0 Å². The third kappa shape index (κ3) is 3.83. The minimum Gasteiger partial charge on any atom is -0.321 e. The maximum absolute atomic E-state index is 13.6. The van der Waals surface area contributed by atoms with Gasteiger partial charge in [-0.25, -0.2) is 13.6 Å². The molecule has 6 nitrogen and oxygen atoms in total. The number of nitro benzene ring substituents is 1. The fourth-order valence-electron chi connectivity index (χ4n) is 2.09. The van der Waals surface area contributed by atoms with Gasteiger partial charge in [0.2, 0.25) is 0 Å². The molecule has 2 rings (SSSR count). The first kappa shape index (κ1) is 17.3. The molecule has 1 N–H and O–H groups in total. The highest BCUT2D eigenvalue weighted by Crippen LogP contribution is 2.24. The summed E-state index contributed by atoms with van der Waals surface area (Å²) < 4.78 is 26.5. The molecule has 1 unspecified atom stereocenters. The van der Waals surface area contributed by atoms with Crippen LogP contribution in [-0.4, -0.2) is 22.9 Å². The Bertz CT molecular complexity index is 783. The molecular formula is C16H15F2N3O3. The monoisotopic (exact) mass is 335 g/mol. The molecule has 0 aromatic heterocycles. The van der Waals surface area contributed by atoms with Gasteiger partial charge in [0.15, 0.2) is 0 Å². The lowest BCUT2D eigenvalue weighted by molar-refractivity contribution is -0.384. The number of rotatable bonds is 4. The number of non-ortho nitro benzene ring substituents is 1. The number of nitro groups is 1. The van der Waals surface area contributed by atoms with Crippen molar-refractivity contribution in [2.24, 2.45) is 0 Å². The van der Waals surface area contributed by atoms with Crippen molar-refractivity contribution in [2.75, 3.05) is 12.4 Å². The Kier molecular flexibility index (Phi) is 5.08. The van der Waals surface area contributed by atoms with Crippen LogP contribution in [-0.2, 0) is 0 Å². The number of urea groups is 1. The van der Waals surface area contributed by atoms with Gasteiger partial charge in [-0.2, -0.15) is 0 Å². The van der Waals surface area contributed by atoms with Gasteiger partial charge < -0.3 is 10.2 Å². The number of benzene rings is 2. The van der Waals surface area contributed by atoms with Gasteiger partial charge in [0.25, 0.3) is 5.69 Å². The van der Waals surface area contributed by atoms with Gasteiger partial charge in [-0.15, -0.1) is 0 Å². The molecule has 0 spiro atoms. The number of hydrogen-bond donors (Lipinski definition) is 1. The zero-order valence-corrected chi connectivity index (χ0v) is 13.0. The van der Waals surface area contributed by atoms with Crippen molar-refractivity contribution >= 4 is 17.4 Å². The topological polar surface area (TPSA) is 75.5 Å². The van der Waals surface area contributed by atoms with Crippen molar-refractivity contribution in [1.29, 1.82) is 0 Å². The van der Waals surface area contributed by atoms with Gasteiger partial charge >= 0.3 is 6.03 Å². The molecule has 0 saturated heterocycles. The number of nitrogens with zero attached hydrogens (tertiary/aromatic N) is 2. The quantitative estimate of drug-likeness (QED) is 0.675. The Balaban J connectivity index is 2.14. The van der Waals surface area contributed by atoms with Gasteiger partial charge in [-0.3, -0.25) is 10.1 Å². The van der Waals surface area contributed by atoms with Crippen molar-refractivity contribution < 1.29 is 18.5 Å². The highest BCUT2D eigenvalue weighted by Gasteiger charge is 2.20. The van der Waals surface area contributed by atoms with Crippen LogP contribution in [0.5, 0.6) is 0 Å². The van der Waals surface area contributed by atoms with Gasteiger partial charge in [0, 0.05) is 25.2 Å². The van der Waals surface area contributed by atoms with Crippen LogP contribution in [0.3, 0.4) is 0 Å². The lowest BCUT2D eigenvalue weighted by Gasteiger charge is -2.25. The number of nitrogens with one attached hydrogen (secondary N) is 1. The molecule has 1 atom stereocenters. The molecule has 2 aromatic rings. The first-order chi connectivity index (χ1) is 11.3. The predicted molar refractivity (Wildman–Crippen MR) is 84.7 cm³/mol. The highest BCUT2D eigenvalue weighted by atomic mass is 19.1. The van der Waals surface area contributed by atoms with E-state index in [1.54, 1.807) is 13.0 Å². The van der Waals surface area contributed by atoms with Gasteiger partial charge in [0.05, 0.1) is 16.7 Å². The molecule has 0 aliphatic carbocycles. The van der Waals surface area contributed by atoms with Crippen LogP contribution in [0.4, 0.5) is 25.0 Å². The summed E-state index contributed by atoms with van der Waals surface area (Å²) >= 11 is 0. The van der Waals surface area contributed by atoms with Crippen LogP contribution < -0.4 is 5.32 Å². The van der Waals surface area contributed by atoms with Crippen molar-refractivity contribution in [2.45, 2.75) is 13.0 Å². The van der Waals surface area contributed by atoms with Crippen LogP contribution in [0.2, 0.25) is 0 Å². The van der Waals surface area contributed by atoms with Crippen LogP contribution in [0, 0.1) is 21.7 Å². The summed E-state index contributed by atoms with van der Waals surface area (Å²) in [6.07, 6.45) is 0. The number of carbonyl (C=O) groups is 1. The maximum Gasteiger partial charge on any atom is 0.322 e. The first-order valence-electron chi connectivity index (χ1n) is 7.03. The fraction of sp³-hybridized carbons (Fsp3) is 0.188. The molecule has 2 amide bonds. The van der Waals surface area contributed by atoms with E-state index in [2.05, 4.69) is 5.32 Å². The van der Waals surface area contributed by atoms with E-state index < -0.39 is 28.6 Å². The predicted octanol–water partition coefficient (Wildman–Crippen LogP) is 4.10. The first-order valence-corrected chi connectivity index (χ1v) is 7.03. The minimum atomic E-state index is -0.889. The molecule has 0 heterocycles. The van der Waals surface area contributed by atoms with E-state index in [-0.39, 0.29) is 11.4 Å². The average Bonchev–Trinajstić information content (AvgIpc) is 2.56. The number of anilines is 1. The highest BCUT2D eigenvalue weighted by molar-refractivity contribution is 5.89. The summed E-state index contributed by atoms with van der Waals surface area (Å²) in [6.45, 7) is 1.68. The Morgan fingerprint density at radius 2 is 1.96 bits per heavy atom. The van der Waals surface area contributed by atoms with Crippen LogP contribution in [0.1, 0.15) is 18.5 Å². The van der Waals surface area contributed by atoms with E-state index in [0.29, 0.717) is 11.6 Å². The molecule has 2 aromatic carbocycles. The lowest BCUT2D eigenvalue weighted by atomic mass is 10.1. The van der Waals surface area contributed by atoms with Gasteiger partial charge in [0.1, 0.15) is 11.6 Å². The summed E-state index contributed by atoms with van der Waals surface area (Å²) in [7, 11) is 1.47. The molecule has 0 bridgehead atoms. The van der Waals surface area contributed by atoms with Gasteiger partial charge in [-0.1, -0.05) is 12.1 Å². The number of amides is 2. The molecule has 0 fully saturated rings. The molecule has 0 aliphatic rings. The largest absolute Gasteiger partial charge is 0.322 e. The molecule has 126 valence electrons. The minimum absolute atomic E-state index is 0.0854. The Hall–Kier alpha value is -3.03. The van der Waals surface area contributed by atoms with Crippen LogP contribution in [0.15, 0.2) is 42.5 Å². The second kappa shape index (κ2) is 7.03. The summed E-state index contributed by atoms with van der Waals surface area (Å²) in [4.78, 5) is 23.8. The standard InChI is InChI=1S/C16H15F2N3O3/c1-10(11-4-3-5-13(8-11)21(23)24)20(2)16(22)19-15-7-6-12(17)9-14(15)18/h3-10H,1-2H3,(H,19,22). The van der Waals surface area contributed by atoms with E-state index in [0.717, 1.165) is 12.1 Å². The Morgan fingerprint density at radius 3 is 2.58 bits per heavy atom. The number of hydrogen-bond acceptors (Lipinski definition) is 3. The number of halogens is 2. The molecule has 0 aliphatic heterocycles. The molecule has 0 saturated carbocycles. The molecule has 8 heteroatoms. The average molecular weight is 335 g/mol. The van der Waals surface area contributed by atoms with Gasteiger partial charge in [-0.05, 0) is 24.6 Å². The van der Waals surface area contributed by atoms with Crippen molar-refractivity contribution in [1.82, 2.24) is 4.90 Å². The van der Waals surface area contributed by atoms with E-state index in [1.807, 2.05) is 0 Å². The van der Waals surface area contributed by atoms with E-state index in [9.17, 15) is 23.7 Å². The Morgan fingerprint density at radius 1 is 1.25 bits per heavy atom. The molecule has 0 radical (unpaired) electrons. The smallest absolute Gasteiger partial charge is 0.321 e. The normalized spacial score (nSPS) is 11.7. The van der Waals surface area contributed by atoms with E-state index in [4.69, 9.17) is 0 Å². The summed E-state index contributed by atoms with van der Waals surface area (Å²) in [5.41, 5.74) is 0.318. The zero-order valence-electron chi connectivity index (χ0n) is 13.0. The summed E-state index contributed by atoms with van der Waals surface area (Å²) in [5, 5.41) is 13.2. The van der Waals surface area contributed by atoms with Crippen LogP contribution in [0.25, 0.3) is 0 Å². The fourth-order valence-corrected chi connectivity index (χ4v) is 2.09. The number of carbonyl (C=O) groups excluding carboxylic acids is 1. The lowest BCUT2D eigenvalue weighted by Crippen LogP contribution is -2.33. The third-order valence-corrected chi connectivity index (χ3v) is 3.64. The van der Waals surface area contributed by atoms with E-state index in [1.165, 1.54) is 30.1 Å². The van der Waals surface area contributed by atoms with Crippen LogP contribution >= 0.6 is 0 Å². The summed E-state index contributed by atoms with van der Waals surface area (Å²) in [5.74, 6) is -1.64. The zero-order chi connectivity index (χ0) is 17.9. The SMILES string of the molecule is CC(c1cccc([N+](=O)[O-])c1)N(C)C(=O)Nc1ccc(F)cc1F. The second-order valence-electron chi connectivity index (χ2n) is 5.19. The summed E-state index contributed by atoms with van der Waals surface area (Å²) in [6, 6.07) is 7.59. The van der Waals surface area contributed by atoms with Crippen molar-refractivity contribution in [3.8, 4) is 0 Å². The van der Waals surface area contributed by atoms with Crippen molar-refractivity contribution in [3.63, 3.8) is 0 Å². The third-order valence-electron chi connectivity index (χ3n) is 3.64. The Labute approximate surface area is 136 Å².